The van der Waals surface area contributed by atoms with Crippen molar-refractivity contribution in [2.45, 2.75) is 70.4 Å². The summed E-state index contributed by atoms with van der Waals surface area (Å²) >= 11 is 0. The van der Waals surface area contributed by atoms with Gasteiger partial charge in [0.2, 0.25) is 0 Å². The molecule has 0 amide bonds. The highest BCUT2D eigenvalue weighted by molar-refractivity contribution is 7.52. The molecule has 4 rings (SSSR count). The van der Waals surface area contributed by atoms with Crippen LogP contribution in [0.1, 0.15) is 45.4 Å². The van der Waals surface area contributed by atoms with Crippen molar-refractivity contribution in [1.82, 2.24) is 14.6 Å². The molecule has 0 radical (unpaired) electrons. The van der Waals surface area contributed by atoms with E-state index in [4.69, 9.17) is 18.5 Å². The zero-order chi connectivity index (χ0) is 29.0. The molecule has 1 aromatic carbocycles. The number of nitrogens with one attached hydrogen (secondary N) is 2. The number of hydrogen-bond donors (Lipinski definition) is 3. The van der Waals surface area contributed by atoms with Crippen LogP contribution in [0.25, 0.3) is 0 Å². The number of halogens is 1. The summed E-state index contributed by atoms with van der Waals surface area (Å²) in [5.41, 5.74) is -0.892. The Morgan fingerprint density at radius 3 is 2.58 bits per heavy atom. The van der Waals surface area contributed by atoms with Crippen LogP contribution in [-0.2, 0) is 23.4 Å². The van der Waals surface area contributed by atoms with Gasteiger partial charge in [-0.15, -0.1) is 0 Å². The maximum atomic E-state index is 14.9. The molecule has 0 bridgehead atoms. The Kier molecular flexibility index (Phi) is 9.28. The molecule has 1 unspecified atom stereocenters. The third-order valence-corrected chi connectivity index (χ3v) is 7.61. The van der Waals surface area contributed by atoms with Crippen LogP contribution in [0.3, 0.4) is 0 Å². The van der Waals surface area contributed by atoms with Crippen LogP contribution in [0.15, 0.2) is 46.1 Å². The van der Waals surface area contributed by atoms with Crippen molar-refractivity contribution in [3.8, 4) is 17.6 Å². The highest BCUT2D eigenvalue weighted by atomic mass is 31.2. The minimum absolute atomic E-state index is 0.131. The van der Waals surface area contributed by atoms with E-state index in [0.29, 0.717) is 5.92 Å². The fourth-order valence-corrected chi connectivity index (χ4v) is 5.23. The molecule has 1 aliphatic heterocycles. The quantitative estimate of drug-likeness (QED) is 0.216. The first-order chi connectivity index (χ1) is 18.9. The Morgan fingerprint density at radius 2 is 1.95 bits per heavy atom. The Bertz CT molecular complexity index is 1430. The molecule has 2 aromatic rings. The summed E-state index contributed by atoms with van der Waals surface area (Å²) in [4.78, 5) is 37.8. The molecule has 14 heteroatoms. The first kappa shape index (κ1) is 29.7. The first-order valence-corrected chi connectivity index (χ1v) is 14.3. The van der Waals surface area contributed by atoms with Crippen LogP contribution in [0.4, 0.5) is 4.39 Å². The minimum atomic E-state index is -4.35. The van der Waals surface area contributed by atoms with Gasteiger partial charge in [0, 0.05) is 23.7 Å². The van der Waals surface area contributed by atoms with Gasteiger partial charge in [0.25, 0.3) is 5.56 Å². The van der Waals surface area contributed by atoms with Crippen LogP contribution < -0.4 is 20.9 Å². The molecule has 1 saturated heterocycles. The van der Waals surface area contributed by atoms with Gasteiger partial charge in [0.05, 0.1) is 12.7 Å². The normalized spacial score (nSPS) is 24.6. The second-order valence-corrected chi connectivity index (χ2v) is 11.5. The molecular formula is C26H31FN3O9P. The fraction of sp³-hybridized carbons (Fsp3) is 0.500. The number of carbonyl (C=O) groups is 1. The molecule has 0 spiro atoms. The predicted molar refractivity (Wildman–Crippen MR) is 140 cm³/mol. The van der Waals surface area contributed by atoms with Gasteiger partial charge in [-0.25, -0.2) is 13.8 Å². The number of rotatable bonds is 10. The predicted octanol–water partition coefficient (Wildman–Crippen LogP) is 2.03. The zero-order valence-corrected chi connectivity index (χ0v) is 23.0. The van der Waals surface area contributed by atoms with Crippen molar-refractivity contribution < 1.29 is 37.4 Å². The maximum absolute atomic E-state index is 14.9. The number of ether oxygens (including phenoxy) is 2. The second kappa shape index (κ2) is 12.5. The highest BCUT2D eigenvalue weighted by Crippen LogP contribution is 2.46. The van der Waals surface area contributed by atoms with E-state index in [1.165, 1.54) is 19.1 Å². The van der Waals surface area contributed by atoms with Gasteiger partial charge in [-0.1, -0.05) is 11.8 Å². The van der Waals surface area contributed by atoms with E-state index in [1.54, 1.807) is 26.0 Å². The summed E-state index contributed by atoms with van der Waals surface area (Å²) in [7, 11) is -4.35. The van der Waals surface area contributed by atoms with E-state index in [-0.39, 0.29) is 5.75 Å². The number of H-pyrrole nitrogens is 1. The first-order valence-electron chi connectivity index (χ1n) is 12.8. The topological polar surface area (TPSA) is 158 Å². The highest BCUT2D eigenvalue weighted by Gasteiger charge is 2.47. The van der Waals surface area contributed by atoms with E-state index < -0.39 is 68.3 Å². The maximum Gasteiger partial charge on any atom is 0.459 e. The monoisotopic (exact) mass is 579 g/mol. The zero-order valence-electron chi connectivity index (χ0n) is 22.1. The largest absolute Gasteiger partial charge is 0.462 e. The van der Waals surface area contributed by atoms with E-state index >= 15 is 0 Å². The van der Waals surface area contributed by atoms with Gasteiger partial charge >= 0.3 is 19.4 Å². The summed E-state index contributed by atoms with van der Waals surface area (Å²) in [5.74, 6) is 6.02. The lowest BCUT2D eigenvalue weighted by atomic mass is 10.1. The summed E-state index contributed by atoms with van der Waals surface area (Å²) < 4.78 is 51.2. The van der Waals surface area contributed by atoms with E-state index in [2.05, 4.69) is 16.9 Å². The lowest BCUT2D eigenvalue weighted by Gasteiger charge is -2.25. The average Bonchev–Trinajstić information content (AvgIpc) is 3.68. The number of aliphatic hydroxyl groups is 1. The average molecular weight is 580 g/mol. The molecule has 2 aliphatic rings. The molecule has 2 heterocycles. The molecule has 3 N–H and O–H groups in total. The van der Waals surface area contributed by atoms with Crippen LogP contribution in [-0.4, -0.2) is 57.8 Å². The van der Waals surface area contributed by atoms with Crippen LogP contribution in [0.5, 0.6) is 5.75 Å². The van der Waals surface area contributed by atoms with Crippen LogP contribution >= 0.6 is 7.75 Å². The second-order valence-electron chi connectivity index (χ2n) is 9.81. The summed E-state index contributed by atoms with van der Waals surface area (Å²) in [6.45, 7) is 4.07. The van der Waals surface area contributed by atoms with Crippen molar-refractivity contribution in [3.05, 3.63) is 62.9 Å². The van der Waals surface area contributed by atoms with Crippen LogP contribution in [0, 0.1) is 17.8 Å². The molecule has 1 aromatic heterocycles. The third kappa shape index (κ3) is 7.68. The molecule has 216 valence electrons. The molecular weight excluding hydrogens is 548 g/mol. The number of carbonyl (C=O) groups excluding carboxylic acids is 1. The lowest BCUT2D eigenvalue weighted by Crippen LogP contribution is -2.37. The molecule has 2 fully saturated rings. The van der Waals surface area contributed by atoms with Gasteiger partial charge in [0.15, 0.2) is 12.4 Å². The van der Waals surface area contributed by atoms with E-state index in [9.17, 15) is 28.4 Å². The van der Waals surface area contributed by atoms with E-state index in [1.807, 2.05) is 4.98 Å². The number of aromatic nitrogens is 2. The number of benzene rings is 1. The van der Waals surface area contributed by atoms with Crippen molar-refractivity contribution in [1.29, 1.82) is 0 Å². The standard InChI is InChI=1S/C26H31FN3O9P/c1-15(2)37-25(33)16(3)29-40(35,39-19-10-8-18(9-11-19)7-6-17-4-5-17)36-14-20-23(32)22(27)24(38-20)30-13-12-21(31)28-26(30)34/h8-13,15-17,20,22-24,32H,4-5,14H2,1-3H3,(H,29,35)(H,28,31,34)/t16-,20+,22+,23+,24+,40?/m0/s1. The number of hydrogen-bond acceptors (Lipinski definition) is 9. The van der Waals surface area contributed by atoms with Crippen molar-refractivity contribution >= 4 is 13.7 Å². The number of nitrogens with zero attached hydrogens (tertiary/aromatic N) is 1. The molecule has 1 saturated carbocycles. The van der Waals surface area contributed by atoms with Crippen LogP contribution in [0.2, 0.25) is 0 Å². The minimum Gasteiger partial charge on any atom is -0.462 e. The number of esters is 1. The summed E-state index contributed by atoms with van der Waals surface area (Å²) in [6, 6.07) is 6.28. The summed E-state index contributed by atoms with van der Waals surface area (Å²) in [6.07, 6.45) is -4.03. The molecule has 1 aliphatic carbocycles. The SMILES string of the molecule is CC(C)OC(=O)[C@H](C)NP(=O)(OC[C@H]1O[C@@H](n2ccc(=O)[nH]c2=O)[C@H](F)[C@@H]1O)Oc1ccc(C#CC2CC2)cc1. The Morgan fingerprint density at radius 1 is 1.25 bits per heavy atom. The number of aliphatic hydroxyl groups excluding tert-OH is 1. The van der Waals surface area contributed by atoms with Gasteiger partial charge in [0.1, 0.15) is 24.0 Å². The van der Waals surface area contributed by atoms with Crippen molar-refractivity contribution in [3.63, 3.8) is 0 Å². The number of aromatic amines is 1. The fourth-order valence-electron chi connectivity index (χ4n) is 3.73. The Balaban J connectivity index is 1.49. The van der Waals surface area contributed by atoms with Crippen molar-refractivity contribution in [2.24, 2.45) is 5.92 Å². The van der Waals surface area contributed by atoms with Crippen molar-refractivity contribution in [2.75, 3.05) is 6.61 Å². The molecule has 40 heavy (non-hydrogen) atoms. The Labute approximate surface area is 229 Å². The lowest BCUT2D eigenvalue weighted by molar-refractivity contribution is -0.149. The van der Waals surface area contributed by atoms with Gasteiger partial charge in [-0.2, -0.15) is 5.09 Å². The molecule has 6 atom stereocenters. The third-order valence-electron chi connectivity index (χ3n) is 5.96. The number of alkyl halides is 1. The van der Waals surface area contributed by atoms with Gasteiger partial charge in [-0.05, 0) is 57.9 Å². The van der Waals surface area contributed by atoms with Gasteiger partial charge < -0.3 is 19.1 Å². The van der Waals surface area contributed by atoms with Gasteiger partial charge in [-0.3, -0.25) is 23.7 Å². The molecule has 12 nitrogen and oxygen atoms in total. The van der Waals surface area contributed by atoms with E-state index in [0.717, 1.165) is 35.2 Å². The smallest absolute Gasteiger partial charge is 0.459 e. The Hall–Kier alpha value is -3.27. The summed E-state index contributed by atoms with van der Waals surface area (Å²) in [5, 5.41) is 12.9.